The number of para-hydroxylation sites is 1. The van der Waals surface area contributed by atoms with E-state index in [1.165, 1.54) is 11.3 Å². The molecule has 1 aliphatic rings. The molecule has 1 aliphatic heterocycles. The number of esters is 1. The normalized spacial score (nSPS) is 14.6. The summed E-state index contributed by atoms with van der Waals surface area (Å²) in [5.41, 5.74) is 2.75. The number of fused-ring (bicyclic) bond motifs is 1. The molecule has 246 valence electrons. The number of hydrogen-bond donors (Lipinski definition) is 0. The highest BCUT2D eigenvalue weighted by molar-refractivity contribution is 14.1. The van der Waals surface area contributed by atoms with Gasteiger partial charge in [-0.1, -0.05) is 58.8 Å². The number of rotatable bonds is 11. The van der Waals surface area contributed by atoms with Crippen LogP contribution in [0.15, 0.2) is 75.7 Å². The maximum Gasteiger partial charge on any atom is 0.338 e. The van der Waals surface area contributed by atoms with E-state index in [1.54, 1.807) is 36.6 Å². The second kappa shape index (κ2) is 15.3. The van der Waals surface area contributed by atoms with Gasteiger partial charge in [-0.3, -0.25) is 9.36 Å². The van der Waals surface area contributed by atoms with E-state index in [1.807, 2.05) is 63.2 Å². The average Bonchev–Trinajstić information content (AvgIpc) is 3.31. The molecule has 12 heteroatoms. The van der Waals surface area contributed by atoms with Gasteiger partial charge in [0.15, 0.2) is 16.3 Å². The van der Waals surface area contributed by atoms with Gasteiger partial charge in [-0.15, -0.1) is 0 Å². The lowest BCUT2D eigenvalue weighted by molar-refractivity contribution is -0.139. The highest BCUT2D eigenvalue weighted by Crippen LogP contribution is 2.37. The third kappa shape index (κ3) is 7.72. The number of thiazole rings is 1. The smallest absolute Gasteiger partial charge is 0.338 e. The van der Waals surface area contributed by atoms with Crippen LogP contribution in [-0.4, -0.2) is 29.9 Å². The van der Waals surface area contributed by atoms with E-state index < -0.39 is 12.0 Å². The summed E-state index contributed by atoms with van der Waals surface area (Å²) >= 11 is 15.7. The Kier molecular flexibility index (Phi) is 11.4. The van der Waals surface area contributed by atoms with Gasteiger partial charge in [0, 0.05) is 5.56 Å². The zero-order chi connectivity index (χ0) is 33.8. The lowest BCUT2D eigenvalue weighted by Gasteiger charge is -2.26. The Hall–Kier alpha value is -3.32. The molecule has 5 rings (SSSR count). The molecule has 47 heavy (non-hydrogen) atoms. The number of carbonyl (C=O) groups excluding carboxylic acids is 1. The van der Waals surface area contributed by atoms with E-state index >= 15 is 0 Å². The minimum absolute atomic E-state index is 0.124. The first-order valence-electron chi connectivity index (χ1n) is 15.0. The van der Waals surface area contributed by atoms with Crippen molar-refractivity contribution in [2.45, 2.75) is 53.4 Å². The van der Waals surface area contributed by atoms with Gasteiger partial charge in [0.05, 0.1) is 48.7 Å². The van der Waals surface area contributed by atoms with Gasteiger partial charge in [-0.2, -0.15) is 0 Å². The summed E-state index contributed by atoms with van der Waals surface area (Å²) in [6.07, 6.45) is 1.68. The Morgan fingerprint density at radius 3 is 2.51 bits per heavy atom. The summed E-state index contributed by atoms with van der Waals surface area (Å²) < 4.78 is 26.5. The van der Waals surface area contributed by atoms with E-state index in [4.69, 9.17) is 47.1 Å². The molecule has 0 radical (unpaired) electrons. The predicted octanol–water partition coefficient (Wildman–Crippen LogP) is 7.47. The molecule has 0 bridgehead atoms. The molecule has 0 spiro atoms. The van der Waals surface area contributed by atoms with Gasteiger partial charge < -0.3 is 18.9 Å². The summed E-state index contributed by atoms with van der Waals surface area (Å²) in [5.74, 6) is 1.16. The lowest BCUT2D eigenvalue weighted by atomic mass is 9.95. The van der Waals surface area contributed by atoms with Gasteiger partial charge in [-0.25, -0.2) is 9.79 Å². The third-order valence-electron chi connectivity index (χ3n) is 7.09. The first kappa shape index (κ1) is 35.0. The summed E-state index contributed by atoms with van der Waals surface area (Å²) in [4.78, 5) is 32.7. The van der Waals surface area contributed by atoms with Crippen LogP contribution in [0.25, 0.3) is 6.08 Å². The standard InChI is InChI=1S/C35H33Cl2IN2O6S/c1-6-43-28-16-22(15-26(38)32(28)45-18-21-12-13-24(36)25(37)14-21)17-29-33(41)40-31(23-10-8-9-11-27(23)46-19(3)4)30(34(42)44-7-2)20(5)39-35(40)47-29/h8-17,19,31H,6-7,18H2,1-5H3/b29-17-/t31-/m0/s1. The van der Waals surface area contributed by atoms with Crippen LogP contribution in [0.1, 0.15) is 57.4 Å². The monoisotopic (exact) mass is 806 g/mol. The van der Waals surface area contributed by atoms with Gasteiger partial charge in [0.2, 0.25) is 0 Å². The second-order valence-corrected chi connectivity index (χ2v) is 13.8. The number of halogens is 3. The summed E-state index contributed by atoms with van der Waals surface area (Å²) in [5, 5.41) is 0.924. The summed E-state index contributed by atoms with van der Waals surface area (Å²) in [6, 6.07) is 15.7. The van der Waals surface area contributed by atoms with Crippen molar-refractivity contribution in [2.75, 3.05) is 13.2 Å². The Bertz CT molecular complexity index is 2040. The third-order valence-corrected chi connectivity index (χ3v) is 9.61. The van der Waals surface area contributed by atoms with Crippen molar-refractivity contribution in [2.24, 2.45) is 4.99 Å². The number of benzene rings is 3. The van der Waals surface area contributed by atoms with Gasteiger partial charge in [0.25, 0.3) is 5.56 Å². The number of hydrogen-bond acceptors (Lipinski definition) is 8. The molecule has 1 aromatic heterocycles. The number of carbonyl (C=O) groups is 1. The minimum atomic E-state index is -0.793. The minimum Gasteiger partial charge on any atom is -0.491 e. The molecule has 3 aromatic carbocycles. The van der Waals surface area contributed by atoms with Crippen molar-refractivity contribution in [1.82, 2.24) is 4.57 Å². The molecule has 8 nitrogen and oxygen atoms in total. The van der Waals surface area contributed by atoms with Crippen LogP contribution < -0.4 is 29.1 Å². The predicted molar refractivity (Wildman–Crippen MR) is 194 cm³/mol. The zero-order valence-corrected chi connectivity index (χ0v) is 30.9. The number of aromatic nitrogens is 1. The van der Waals surface area contributed by atoms with Crippen LogP contribution in [0.2, 0.25) is 10.0 Å². The molecule has 0 unspecified atom stereocenters. The lowest BCUT2D eigenvalue weighted by Crippen LogP contribution is -2.40. The van der Waals surface area contributed by atoms with Gasteiger partial charge >= 0.3 is 5.97 Å². The summed E-state index contributed by atoms with van der Waals surface area (Å²) in [6.45, 7) is 10.1. The van der Waals surface area contributed by atoms with E-state index in [-0.39, 0.29) is 24.9 Å². The number of allylic oxidation sites excluding steroid dienone is 1. The summed E-state index contributed by atoms with van der Waals surface area (Å²) in [7, 11) is 0. The molecule has 0 aliphatic carbocycles. The van der Waals surface area contributed by atoms with E-state index in [0.29, 0.717) is 60.1 Å². The van der Waals surface area contributed by atoms with Crippen molar-refractivity contribution in [3.63, 3.8) is 0 Å². The molecule has 0 saturated heterocycles. The largest absolute Gasteiger partial charge is 0.491 e. The SMILES string of the molecule is CCOC(=O)C1=C(C)N=c2s/c(=C\c3cc(I)c(OCc4ccc(Cl)c(Cl)c4)c(OCC)c3)c(=O)n2[C@H]1c1ccccc1OC(C)C. The molecular formula is C35H33Cl2IN2O6S. The molecule has 0 saturated carbocycles. The molecule has 0 fully saturated rings. The quantitative estimate of drug-likeness (QED) is 0.116. The highest BCUT2D eigenvalue weighted by Gasteiger charge is 2.35. The molecule has 2 heterocycles. The van der Waals surface area contributed by atoms with Crippen molar-refractivity contribution in [3.05, 3.63) is 116 Å². The fourth-order valence-corrected chi connectivity index (χ4v) is 7.31. The maximum atomic E-state index is 14.2. The molecular weight excluding hydrogens is 774 g/mol. The Morgan fingerprint density at radius 1 is 1.04 bits per heavy atom. The van der Waals surface area contributed by atoms with Crippen molar-refractivity contribution >= 4 is 69.2 Å². The fraction of sp³-hybridized carbons (Fsp3) is 0.286. The van der Waals surface area contributed by atoms with Crippen molar-refractivity contribution in [1.29, 1.82) is 0 Å². The number of ether oxygens (including phenoxy) is 4. The molecule has 0 N–H and O–H groups in total. The average molecular weight is 808 g/mol. The van der Waals surface area contributed by atoms with Gasteiger partial charge in [-0.05, 0) is 105 Å². The number of nitrogens with zero attached hydrogens (tertiary/aromatic N) is 2. The van der Waals surface area contributed by atoms with E-state index in [9.17, 15) is 9.59 Å². The van der Waals surface area contributed by atoms with Gasteiger partial charge in [0.1, 0.15) is 18.4 Å². The molecule has 0 amide bonds. The van der Waals surface area contributed by atoms with Crippen molar-refractivity contribution < 1.29 is 23.7 Å². The van der Waals surface area contributed by atoms with E-state index in [0.717, 1.165) is 14.7 Å². The molecule has 1 atom stereocenters. The maximum absolute atomic E-state index is 14.2. The Balaban J connectivity index is 1.60. The highest BCUT2D eigenvalue weighted by atomic mass is 127. The van der Waals surface area contributed by atoms with Crippen LogP contribution in [0.4, 0.5) is 0 Å². The van der Waals surface area contributed by atoms with Crippen LogP contribution in [0, 0.1) is 3.57 Å². The first-order chi connectivity index (χ1) is 22.5. The zero-order valence-electron chi connectivity index (χ0n) is 26.4. The van der Waals surface area contributed by atoms with Crippen molar-refractivity contribution in [3.8, 4) is 17.2 Å². The Labute approximate surface area is 300 Å². The van der Waals surface area contributed by atoms with Crippen LogP contribution in [0.5, 0.6) is 17.2 Å². The second-order valence-electron chi connectivity index (χ2n) is 10.8. The Morgan fingerprint density at radius 2 is 1.81 bits per heavy atom. The molecule has 4 aromatic rings. The van der Waals surface area contributed by atoms with Crippen LogP contribution in [-0.2, 0) is 16.1 Å². The topological polar surface area (TPSA) is 88.4 Å². The first-order valence-corrected chi connectivity index (χ1v) is 17.7. The van der Waals surface area contributed by atoms with Crippen LogP contribution in [0.3, 0.4) is 0 Å². The van der Waals surface area contributed by atoms with E-state index in [2.05, 4.69) is 22.6 Å². The fourth-order valence-electron chi connectivity index (χ4n) is 5.16. The van der Waals surface area contributed by atoms with Crippen LogP contribution >= 0.6 is 57.1 Å².